The fourth-order valence-electron chi connectivity index (χ4n) is 8.15. The molecular weight excluding hydrogens is 498 g/mol. The van der Waals surface area contributed by atoms with Gasteiger partial charge in [-0.2, -0.15) is 0 Å². The van der Waals surface area contributed by atoms with Gasteiger partial charge in [0.1, 0.15) is 0 Å². The third kappa shape index (κ3) is 2.74. The Balaban J connectivity index is 1.43. The molecule has 9 rings (SSSR count). The Kier molecular flexibility index (Phi) is 4.44. The zero-order chi connectivity index (χ0) is 27.3. The van der Waals surface area contributed by atoms with Gasteiger partial charge in [0.15, 0.2) is 0 Å². The number of fused-ring (bicyclic) bond motifs is 12. The summed E-state index contributed by atoms with van der Waals surface area (Å²) in [7, 11) is 0. The quantitative estimate of drug-likeness (QED) is 0.218. The van der Waals surface area contributed by atoms with E-state index in [-0.39, 0.29) is 10.8 Å². The molecule has 1 aliphatic heterocycles. The fraction of sp³-hybridized carbons (Fsp3) is 0.158. The summed E-state index contributed by atoms with van der Waals surface area (Å²) in [5.74, 6) is 0.700. The molecule has 0 N–H and O–H groups in total. The number of nitrogens with zero attached hydrogens (tertiary/aromatic N) is 3. The van der Waals surface area contributed by atoms with E-state index in [2.05, 4.69) is 116 Å². The Morgan fingerprint density at radius 1 is 0.585 bits per heavy atom. The molecular formula is C38H29N3. The summed E-state index contributed by atoms with van der Waals surface area (Å²) in [4.78, 5) is 11.8. The molecule has 2 heterocycles. The van der Waals surface area contributed by atoms with E-state index in [4.69, 9.17) is 9.97 Å². The molecule has 0 radical (unpaired) electrons. The minimum Gasteiger partial charge on any atom is -0.279 e. The van der Waals surface area contributed by atoms with Crippen LogP contribution in [0.25, 0.3) is 16.7 Å². The number of hydrogen-bond donors (Lipinski definition) is 0. The molecule has 3 nitrogen and oxygen atoms in total. The van der Waals surface area contributed by atoms with Gasteiger partial charge in [0.2, 0.25) is 5.95 Å². The van der Waals surface area contributed by atoms with Crippen molar-refractivity contribution in [2.75, 3.05) is 4.90 Å². The Morgan fingerprint density at radius 3 is 2.05 bits per heavy atom. The Morgan fingerprint density at radius 2 is 1.24 bits per heavy atom. The highest BCUT2D eigenvalue weighted by atomic mass is 15.3. The van der Waals surface area contributed by atoms with Crippen molar-refractivity contribution in [2.24, 2.45) is 0 Å². The lowest BCUT2D eigenvalue weighted by atomic mass is 9.68. The lowest BCUT2D eigenvalue weighted by Crippen LogP contribution is -2.32. The van der Waals surface area contributed by atoms with E-state index >= 15 is 0 Å². The van der Waals surface area contributed by atoms with Gasteiger partial charge in [0.05, 0.1) is 16.8 Å². The van der Waals surface area contributed by atoms with E-state index < -0.39 is 0 Å². The van der Waals surface area contributed by atoms with Crippen LogP contribution < -0.4 is 4.90 Å². The molecule has 196 valence electrons. The largest absolute Gasteiger partial charge is 0.279 e. The van der Waals surface area contributed by atoms with Gasteiger partial charge in [-0.1, -0.05) is 92.7 Å². The molecule has 4 aromatic carbocycles. The lowest BCUT2D eigenvalue weighted by Gasteiger charge is -2.42. The summed E-state index contributed by atoms with van der Waals surface area (Å²) in [6.45, 7) is 4.71. The van der Waals surface area contributed by atoms with Crippen LogP contribution in [0.2, 0.25) is 0 Å². The third-order valence-electron chi connectivity index (χ3n) is 9.82. The normalized spacial score (nSPS) is 20.3. The molecule has 4 aliphatic rings. The van der Waals surface area contributed by atoms with Gasteiger partial charge in [-0.3, -0.25) is 4.90 Å². The van der Waals surface area contributed by atoms with Gasteiger partial charge < -0.3 is 0 Å². The molecule has 1 unspecified atom stereocenters. The molecule has 1 aromatic heterocycles. The molecule has 0 saturated carbocycles. The van der Waals surface area contributed by atoms with E-state index in [0.29, 0.717) is 5.95 Å². The molecule has 0 fully saturated rings. The molecule has 41 heavy (non-hydrogen) atoms. The highest BCUT2D eigenvalue weighted by Crippen LogP contribution is 2.66. The van der Waals surface area contributed by atoms with Crippen molar-refractivity contribution >= 4 is 22.9 Å². The highest BCUT2D eigenvalue weighted by molar-refractivity contribution is 6.01. The first kappa shape index (κ1) is 23.0. The predicted octanol–water partition coefficient (Wildman–Crippen LogP) is 9.02. The minimum atomic E-state index is -0.339. The molecule has 1 atom stereocenters. The second kappa shape index (κ2) is 7.92. The highest BCUT2D eigenvalue weighted by Gasteiger charge is 2.54. The summed E-state index contributed by atoms with van der Waals surface area (Å²) in [6.07, 6.45) is 10.8. The number of benzene rings is 4. The topological polar surface area (TPSA) is 29.0 Å². The number of rotatable bonds is 1. The molecule has 5 aromatic rings. The first-order valence-corrected chi connectivity index (χ1v) is 14.6. The van der Waals surface area contributed by atoms with E-state index in [1.54, 1.807) is 0 Å². The smallest absolute Gasteiger partial charge is 0.234 e. The summed E-state index contributed by atoms with van der Waals surface area (Å²) >= 11 is 0. The number of hydrogen-bond acceptors (Lipinski definition) is 3. The van der Waals surface area contributed by atoms with E-state index in [1.165, 1.54) is 55.7 Å². The number of para-hydroxylation sites is 1. The van der Waals surface area contributed by atoms with Crippen molar-refractivity contribution in [3.05, 3.63) is 154 Å². The van der Waals surface area contributed by atoms with Gasteiger partial charge in [0, 0.05) is 17.8 Å². The van der Waals surface area contributed by atoms with Crippen molar-refractivity contribution in [1.82, 2.24) is 9.97 Å². The molecule has 3 heteroatoms. The first-order chi connectivity index (χ1) is 20.1. The van der Waals surface area contributed by atoms with Gasteiger partial charge >= 0.3 is 0 Å². The van der Waals surface area contributed by atoms with Gasteiger partial charge in [-0.25, -0.2) is 9.97 Å². The van der Waals surface area contributed by atoms with Crippen LogP contribution in [-0.2, 0) is 10.8 Å². The van der Waals surface area contributed by atoms with E-state index in [9.17, 15) is 0 Å². The van der Waals surface area contributed by atoms with Crippen LogP contribution in [0.1, 0.15) is 60.1 Å². The Labute approximate surface area is 240 Å². The van der Waals surface area contributed by atoms with Crippen LogP contribution in [0.15, 0.2) is 121 Å². The maximum absolute atomic E-state index is 4.77. The van der Waals surface area contributed by atoms with Gasteiger partial charge in [-0.05, 0) is 92.8 Å². The predicted molar refractivity (Wildman–Crippen MR) is 166 cm³/mol. The summed E-state index contributed by atoms with van der Waals surface area (Å²) < 4.78 is 0. The average molecular weight is 528 g/mol. The Hall–Kier alpha value is -4.76. The Bertz CT molecular complexity index is 1980. The van der Waals surface area contributed by atoms with E-state index in [1.807, 2.05) is 18.5 Å². The number of anilines is 3. The van der Waals surface area contributed by atoms with Crippen LogP contribution in [0.5, 0.6) is 0 Å². The summed E-state index contributed by atoms with van der Waals surface area (Å²) in [5.41, 5.74) is 15.4. The monoisotopic (exact) mass is 527 g/mol. The maximum atomic E-state index is 4.77. The molecule has 3 aliphatic carbocycles. The SMILES string of the molecule is CC1(C)c2ccccc2N(c2ncccn2)c2cc3c(cc21)-c1ccccc1C31C2=CCCC=C2c2ccccc21. The van der Waals surface area contributed by atoms with E-state index in [0.717, 1.165) is 24.2 Å². The van der Waals surface area contributed by atoms with Crippen LogP contribution in [0.4, 0.5) is 17.3 Å². The van der Waals surface area contributed by atoms with Crippen molar-refractivity contribution in [2.45, 2.75) is 37.5 Å². The fourth-order valence-corrected chi connectivity index (χ4v) is 8.15. The molecule has 0 saturated heterocycles. The number of allylic oxidation sites excluding steroid dienone is 4. The van der Waals surface area contributed by atoms with Crippen LogP contribution in [-0.4, -0.2) is 9.97 Å². The standard InChI is InChI=1S/C38H29N3/c1-37(2)31-18-9-10-19-34(31)41(36-39-20-11-21-40-36)35-23-32-27(22-33(35)37)26-14-5-8-17-30(26)38(32)28-15-6-3-12-24(28)25-13-4-7-16-29(25)38/h3,5-6,8-23H,4,7H2,1-2H3. The third-order valence-corrected chi connectivity index (χ3v) is 9.82. The van der Waals surface area contributed by atoms with Crippen molar-refractivity contribution in [3.63, 3.8) is 0 Å². The zero-order valence-electron chi connectivity index (χ0n) is 23.2. The number of aromatic nitrogens is 2. The van der Waals surface area contributed by atoms with Crippen LogP contribution in [0, 0.1) is 0 Å². The first-order valence-electron chi connectivity index (χ1n) is 14.6. The van der Waals surface area contributed by atoms with Crippen LogP contribution in [0.3, 0.4) is 0 Å². The van der Waals surface area contributed by atoms with Crippen molar-refractivity contribution in [1.29, 1.82) is 0 Å². The summed E-state index contributed by atoms with van der Waals surface area (Å²) in [6, 6.07) is 33.8. The average Bonchev–Trinajstić information content (AvgIpc) is 3.48. The molecule has 0 bridgehead atoms. The van der Waals surface area contributed by atoms with Gasteiger partial charge in [-0.15, -0.1) is 0 Å². The second-order valence-electron chi connectivity index (χ2n) is 12.1. The van der Waals surface area contributed by atoms with Crippen molar-refractivity contribution < 1.29 is 0 Å². The van der Waals surface area contributed by atoms with Gasteiger partial charge in [0.25, 0.3) is 0 Å². The maximum Gasteiger partial charge on any atom is 0.234 e. The van der Waals surface area contributed by atoms with Crippen LogP contribution >= 0.6 is 0 Å². The second-order valence-corrected chi connectivity index (χ2v) is 12.1. The summed E-state index contributed by atoms with van der Waals surface area (Å²) in [5, 5.41) is 0. The molecule has 0 amide bonds. The zero-order valence-corrected chi connectivity index (χ0v) is 23.2. The minimum absolute atomic E-state index is 0.195. The lowest BCUT2D eigenvalue weighted by molar-refractivity contribution is 0.630. The van der Waals surface area contributed by atoms with Crippen molar-refractivity contribution in [3.8, 4) is 11.1 Å². The molecule has 1 spiro atoms.